The Bertz CT molecular complexity index is 896. The fraction of sp³-hybridized carbons (Fsp3) is 0.304. The number of benzene rings is 2. The van der Waals surface area contributed by atoms with E-state index < -0.39 is 0 Å². The van der Waals surface area contributed by atoms with E-state index in [1.54, 1.807) is 12.1 Å². The van der Waals surface area contributed by atoms with Crippen molar-refractivity contribution >= 4 is 10.9 Å². The summed E-state index contributed by atoms with van der Waals surface area (Å²) < 4.78 is 13.5. The second-order valence-electron chi connectivity index (χ2n) is 7.17. The average molecular weight is 348 g/mol. The number of hydrogen-bond acceptors (Lipinski definition) is 1. The van der Waals surface area contributed by atoms with E-state index in [1.165, 1.54) is 35.4 Å². The van der Waals surface area contributed by atoms with Gasteiger partial charge in [0.15, 0.2) is 0 Å². The molecule has 3 heteroatoms. The number of aromatic amines is 1. The second-order valence-corrected chi connectivity index (χ2v) is 7.17. The number of hydrogen-bond donors (Lipinski definition) is 1. The minimum Gasteiger partial charge on any atom is -0.361 e. The lowest BCUT2D eigenvalue weighted by Gasteiger charge is -2.29. The van der Waals surface area contributed by atoms with Gasteiger partial charge in [0.2, 0.25) is 0 Å². The molecule has 0 fully saturated rings. The first-order valence-electron chi connectivity index (χ1n) is 9.49. The lowest BCUT2D eigenvalue weighted by Crippen LogP contribution is -2.32. The molecule has 2 heterocycles. The van der Waals surface area contributed by atoms with Gasteiger partial charge in [-0.05, 0) is 55.1 Å². The standard InChI is InChI=1S/C23H25FN2/c24-21-10-5-8-18(15-21)20-9-6-14-26(17-20)13-4-3-7-19-16-25-23-12-2-1-11-22(19)23/h1-2,5-6,8-12,15-16,20,25H,3-4,7,13-14,17H2. The molecule has 0 saturated carbocycles. The van der Waals surface area contributed by atoms with Crippen molar-refractivity contribution in [3.05, 3.63) is 83.8 Å². The van der Waals surface area contributed by atoms with E-state index in [0.29, 0.717) is 5.92 Å². The lowest BCUT2D eigenvalue weighted by atomic mass is 9.95. The van der Waals surface area contributed by atoms with Crippen LogP contribution in [0, 0.1) is 5.82 Å². The first-order valence-corrected chi connectivity index (χ1v) is 9.49. The fourth-order valence-corrected chi connectivity index (χ4v) is 3.91. The van der Waals surface area contributed by atoms with Gasteiger partial charge >= 0.3 is 0 Å². The van der Waals surface area contributed by atoms with Crippen molar-refractivity contribution in [3.8, 4) is 0 Å². The predicted octanol–water partition coefficient (Wildman–Crippen LogP) is 5.29. The van der Waals surface area contributed by atoms with Gasteiger partial charge in [-0.25, -0.2) is 4.39 Å². The van der Waals surface area contributed by atoms with Crippen molar-refractivity contribution < 1.29 is 4.39 Å². The van der Waals surface area contributed by atoms with Gasteiger partial charge in [-0.1, -0.05) is 42.5 Å². The molecule has 4 rings (SSSR count). The molecule has 0 bridgehead atoms. The van der Waals surface area contributed by atoms with Crippen molar-refractivity contribution in [2.24, 2.45) is 0 Å². The minimum absolute atomic E-state index is 0.147. The van der Waals surface area contributed by atoms with Crippen LogP contribution in [-0.2, 0) is 6.42 Å². The molecule has 1 unspecified atom stereocenters. The van der Waals surface area contributed by atoms with E-state index in [9.17, 15) is 4.39 Å². The summed E-state index contributed by atoms with van der Waals surface area (Å²) in [6, 6.07) is 15.5. The Morgan fingerprint density at radius 3 is 2.92 bits per heavy atom. The molecule has 0 amide bonds. The van der Waals surface area contributed by atoms with Gasteiger partial charge in [-0.15, -0.1) is 0 Å². The zero-order valence-electron chi connectivity index (χ0n) is 15.0. The Morgan fingerprint density at radius 2 is 2.00 bits per heavy atom. The van der Waals surface area contributed by atoms with E-state index in [4.69, 9.17) is 0 Å². The summed E-state index contributed by atoms with van der Waals surface area (Å²) in [7, 11) is 0. The minimum atomic E-state index is -0.147. The molecule has 1 aromatic heterocycles. The van der Waals surface area contributed by atoms with Gasteiger partial charge < -0.3 is 4.98 Å². The van der Waals surface area contributed by atoms with Crippen molar-refractivity contribution in [1.29, 1.82) is 0 Å². The quantitative estimate of drug-likeness (QED) is 0.474. The third-order valence-corrected chi connectivity index (χ3v) is 5.31. The van der Waals surface area contributed by atoms with Crippen LogP contribution in [0.4, 0.5) is 4.39 Å². The number of aromatic nitrogens is 1. The highest BCUT2D eigenvalue weighted by Crippen LogP contribution is 2.23. The topological polar surface area (TPSA) is 19.0 Å². The Balaban J connectivity index is 1.28. The van der Waals surface area contributed by atoms with Crippen LogP contribution < -0.4 is 0 Å². The van der Waals surface area contributed by atoms with Crippen LogP contribution in [0.15, 0.2) is 66.9 Å². The summed E-state index contributed by atoms with van der Waals surface area (Å²) in [6.07, 6.45) is 10.1. The molecule has 3 aromatic rings. The number of aryl methyl sites for hydroxylation is 1. The van der Waals surface area contributed by atoms with Crippen LogP contribution in [0.25, 0.3) is 10.9 Å². The van der Waals surface area contributed by atoms with Gasteiger partial charge in [-0.2, -0.15) is 0 Å². The Kier molecular flexibility index (Phi) is 5.16. The maximum absolute atomic E-state index is 13.5. The first-order chi connectivity index (χ1) is 12.8. The predicted molar refractivity (Wildman–Crippen MR) is 106 cm³/mol. The van der Waals surface area contributed by atoms with E-state index in [-0.39, 0.29) is 5.82 Å². The van der Waals surface area contributed by atoms with Gasteiger partial charge in [0.1, 0.15) is 5.82 Å². The highest BCUT2D eigenvalue weighted by molar-refractivity contribution is 5.82. The molecule has 2 aromatic carbocycles. The van der Waals surface area contributed by atoms with Crippen LogP contribution in [0.2, 0.25) is 0 Å². The zero-order chi connectivity index (χ0) is 17.8. The highest BCUT2D eigenvalue weighted by atomic mass is 19.1. The monoisotopic (exact) mass is 348 g/mol. The van der Waals surface area contributed by atoms with E-state index in [1.807, 2.05) is 6.07 Å². The largest absolute Gasteiger partial charge is 0.361 e. The number of nitrogens with one attached hydrogen (secondary N) is 1. The number of halogens is 1. The zero-order valence-corrected chi connectivity index (χ0v) is 15.0. The first kappa shape index (κ1) is 17.0. The molecule has 0 spiro atoms. The SMILES string of the molecule is Fc1cccc(C2C=CCN(CCCCc3c[nH]c4ccccc34)C2)c1. The van der Waals surface area contributed by atoms with Crippen LogP contribution in [-0.4, -0.2) is 29.5 Å². The summed E-state index contributed by atoms with van der Waals surface area (Å²) in [4.78, 5) is 5.83. The third-order valence-electron chi connectivity index (χ3n) is 5.31. The molecule has 2 nitrogen and oxygen atoms in total. The van der Waals surface area contributed by atoms with Crippen molar-refractivity contribution in [2.45, 2.75) is 25.2 Å². The lowest BCUT2D eigenvalue weighted by molar-refractivity contribution is 0.278. The smallest absolute Gasteiger partial charge is 0.123 e. The normalized spacial score (nSPS) is 17.8. The molecule has 0 radical (unpaired) electrons. The molecule has 1 N–H and O–H groups in total. The summed E-state index contributed by atoms with van der Waals surface area (Å²) in [5, 5.41) is 1.35. The van der Waals surface area contributed by atoms with Gasteiger partial charge in [0, 0.05) is 36.1 Å². The Morgan fingerprint density at radius 1 is 1.08 bits per heavy atom. The summed E-state index contributed by atoms with van der Waals surface area (Å²) >= 11 is 0. The Labute approximate surface area is 154 Å². The van der Waals surface area contributed by atoms with E-state index >= 15 is 0 Å². The molecule has 26 heavy (non-hydrogen) atoms. The highest BCUT2D eigenvalue weighted by Gasteiger charge is 2.17. The van der Waals surface area contributed by atoms with Gasteiger partial charge in [0.05, 0.1) is 0 Å². The van der Waals surface area contributed by atoms with Crippen LogP contribution >= 0.6 is 0 Å². The molecule has 0 saturated heterocycles. The summed E-state index contributed by atoms with van der Waals surface area (Å²) in [5.74, 6) is 0.153. The van der Waals surface area contributed by atoms with E-state index in [2.05, 4.69) is 52.5 Å². The van der Waals surface area contributed by atoms with Crippen molar-refractivity contribution in [1.82, 2.24) is 9.88 Å². The van der Waals surface area contributed by atoms with Crippen molar-refractivity contribution in [3.63, 3.8) is 0 Å². The second kappa shape index (κ2) is 7.88. The molecule has 1 atom stereocenters. The molecule has 134 valence electrons. The van der Waals surface area contributed by atoms with E-state index in [0.717, 1.165) is 31.6 Å². The Hall–Kier alpha value is -2.39. The fourth-order valence-electron chi connectivity index (χ4n) is 3.91. The molecule has 0 aliphatic carbocycles. The molecule has 1 aliphatic rings. The summed E-state index contributed by atoms with van der Waals surface area (Å²) in [6.45, 7) is 3.07. The van der Waals surface area contributed by atoms with Crippen LogP contribution in [0.1, 0.15) is 29.9 Å². The molecular formula is C23H25FN2. The number of unbranched alkanes of at least 4 members (excludes halogenated alkanes) is 1. The maximum atomic E-state index is 13.5. The van der Waals surface area contributed by atoms with Crippen LogP contribution in [0.3, 0.4) is 0 Å². The number of nitrogens with zero attached hydrogens (tertiary/aromatic N) is 1. The van der Waals surface area contributed by atoms with Gasteiger partial charge in [-0.3, -0.25) is 4.90 Å². The molecular weight excluding hydrogens is 323 g/mol. The number of rotatable bonds is 6. The third kappa shape index (κ3) is 3.88. The average Bonchev–Trinajstić information content (AvgIpc) is 3.09. The van der Waals surface area contributed by atoms with Crippen LogP contribution in [0.5, 0.6) is 0 Å². The number of para-hydroxylation sites is 1. The maximum Gasteiger partial charge on any atom is 0.123 e. The summed E-state index contributed by atoms with van der Waals surface area (Å²) in [5.41, 5.74) is 3.71. The van der Waals surface area contributed by atoms with Gasteiger partial charge in [0.25, 0.3) is 0 Å². The number of H-pyrrole nitrogens is 1. The number of fused-ring (bicyclic) bond motifs is 1. The van der Waals surface area contributed by atoms with Crippen molar-refractivity contribution in [2.75, 3.05) is 19.6 Å². The molecule has 1 aliphatic heterocycles.